The predicted octanol–water partition coefficient (Wildman–Crippen LogP) is 3.92. The Morgan fingerprint density at radius 1 is 1.02 bits per heavy atom. The molecular weight excluding hydrogens is 564 g/mol. The Labute approximate surface area is 229 Å². The maximum Gasteiger partial charge on any atom is 0.490 e. The number of rotatable bonds is 5. The molecule has 17 heteroatoms. The highest BCUT2D eigenvalue weighted by Gasteiger charge is 2.38. The average Bonchev–Trinajstić information content (AvgIpc) is 3.23. The molecule has 41 heavy (non-hydrogen) atoms. The molecule has 0 atom stereocenters. The molecular formula is C24H27F6N7O4. The van der Waals surface area contributed by atoms with Crippen molar-refractivity contribution in [2.75, 3.05) is 18.4 Å². The van der Waals surface area contributed by atoms with Gasteiger partial charge in [-0.2, -0.15) is 31.4 Å². The Morgan fingerprint density at radius 3 is 2.07 bits per heavy atom. The monoisotopic (exact) mass is 591 g/mol. The molecule has 4 heterocycles. The molecule has 0 bridgehead atoms. The molecule has 1 aliphatic heterocycles. The number of alkyl halides is 6. The van der Waals surface area contributed by atoms with Crippen LogP contribution < -0.4 is 5.32 Å². The number of hydrogen-bond donors (Lipinski definition) is 3. The predicted molar refractivity (Wildman–Crippen MR) is 133 cm³/mol. The number of hydrogen-bond acceptors (Lipinski definition) is 8. The van der Waals surface area contributed by atoms with Crippen LogP contribution in [-0.2, 0) is 23.2 Å². The van der Waals surface area contributed by atoms with Crippen LogP contribution in [0.25, 0.3) is 11.3 Å². The fourth-order valence-corrected chi connectivity index (χ4v) is 3.60. The van der Waals surface area contributed by atoms with Crippen LogP contribution in [0.1, 0.15) is 24.1 Å². The van der Waals surface area contributed by atoms with Crippen molar-refractivity contribution >= 4 is 17.9 Å². The maximum absolute atomic E-state index is 10.6. The van der Waals surface area contributed by atoms with Crippen LogP contribution in [0.5, 0.6) is 0 Å². The first kappa shape index (κ1) is 32.9. The summed E-state index contributed by atoms with van der Waals surface area (Å²) in [6.45, 7) is 5.09. The molecule has 11 nitrogen and oxygen atoms in total. The van der Waals surface area contributed by atoms with E-state index >= 15 is 0 Å². The molecule has 224 valence electrons. The van der Waals surface area contributed by atoms with Gasteiger partial charge in [-0.15, -0.1) is 0 Å². The van der Waals surface area contributed by atoms with Crippen molar-refractivity contribution in [2.24, 2.45) is 7.05 Å². The lowest BCUT2D eigenvalue weighted by atomic mass is 10.0. The molecule has 0 saturated carbocycles. The zero-order chi connectivity index (χ0) is 30.8. The minimum Gasteiger partial charge on any atom is -0.475 e. The van der Waals surface area contributed by atoms with Crippen LogP contribution >= 0.6 is 0 Å². The van der Waals surface area contributed by atoms with Crippen LogP contribution in [-0.4, -0.2) is 83.3 Å². The van der Waals surface area contributed by atoms with Crippen LogP contribution in [0.4, 0.5) is 32.3 Å². The van der Waals surface area contributed by atoms with Gasteiger partial charge in [0.2, 0.25) is 5.95 Å². The number of carboxylic acid groups (broad SMARTS) is 2. The van der Waals surface area contributed by atoms with Gasteiger partial charge in [0.15, 0.2) is 0 Å². The highest BCUT2D eigenvalue weighted by Crippen LogP contribution is 2.22. The number of aromatic nitrogens is 5. The summed E-state index contributed by atoms with van der Waals surface area (Å²) in [6, 6.07) is 6.47. The first-order valence-corrected chi connectivity index (χ1v) is 11.9. The zero-order valence-electron chi connectivity index (χ0n) is 21.8. The number of piperidine rings is 1. The van der Waals surface area contributed by atoms with E-state index in [1.165, 1.54) is 5.56 Å². The van der Waals surface area contributed by atoms with Crippen molar-refractivity contribution in [1.29, 1.82) is 0 Å². The number of anilines is 1. The summed E-state index contributed by atoms with van der Waals surface area (Å²) in [5, 5.41) is 22.2. The number of nitrogens with one attached hydrogen (secondary N) is 1. The second-order valence-corrected chi connectivity index (χ2v) is 8.73. The Hall–Kier alpha value is -4.28. The van der Waals surface area contributed by atoms with Crippen LogP contribution in [0.2, 0.25) is 0 Å². The maximum atomic E-state index is 10.6. The summed E-state index contributed by atoms with van der Waals surface area (Å²) in [4.78, 5) is 33.6. The lowest BCUT2D eigenvalue weighted by molar-refractivity contribution is -0.193. The summed E-state index contributed by atoms with van der Waals surface area (Å²) < 4.78 is 65.3. The van der Waals surface area contributed by atoms with Crippen LogP contribution in [0.3, 0.4) is 0 Å². The molecule has 0 spiro atoms. The number of aryl methyl sites for hydroxylation is 2. The Balaban J connectivity index is 0.000000349. The van der Waals surface area contributed by atoms with Crippen LogP contribution in [0.15, 0.2) is 43.0 Å². The molecule has 0 unspecified atom stereocenters. The summed E-state index contributed by atoms with van der Waals surface area (Å²) in [5.41, 5.74) is 4.21. The van der Waals surface area contributed by atoms with Crippen molar-refractivity contribution in [3.63, 3.8) is 0 Å². The van der Waals surface area contributed by atoms with Gasteiger partial charge in [0.25, 0.3) is 0 Å². The number of carboxylic acids is 2. The topological polar surface area (TPSA) is 146 Å². The molecule has 4 rings (SSSR count). The quantitative estimate of drug-likeness (QED) is 0.373. The minimum absolute atomic E-state index is 0.403. The average molecular weight is 592 g/mol. The molecule has 1 fully saturated rings. The fourth-order valence-electron chi connectivity index (χ4n) is 3.60. The van der Waals surface area contributed by atoms with Crippen molar-refractivity contribution in [3.05, 3.63) is 54.2 Å². The molecule has 3 aromatic heterocycles. The van der Waals surface area contributed by atoms with E-state index in [-0.39, 0.29) is 0 Å². The van der Waals surface area contributed by atoms with Crippen molar-refractivity contribution in [1.82, 2.24) is 29.6 Å². The van der Waals surface area contributed by atoms with Gasteiger partial charge < -0.3 is 15.5 Å². The number of pyridine rings is 1. The van der Waals surface area contributed by atoms with E-state index in [1.54, 1.807) is 0 Å². The van der Waals surface area contributed by atoms with Gasteiger partial charge in [-0.25, -0.2) is 19.6 Å². The summed E-state index contributed by atoms with van der Waals surface area (Å²) in [5.74, 6) is -4.82. The molecule has 0 aromatic carbocycles. The lowest BCUT2D eigenvalue weighted by Crippen LogP contribution is -2.39. The fraction of sp³-hybridized carbons (Fsp3) is 0.417. The van der Waals surface area contributed by atoms with Crippen molar-refractivity contribution in [2.45, 2.75) is 44.7 Å². The van der Waals surface area contributed by atoms with Crippen molar-refractivity contribution in [3.8, 4) is 11.3 Å². The molecule has 3 N–H and O–H groups in total. The Morgan fingerprint density at radius 2 is 1.61 bits per heavy atom. The lowest BCUT2D eigenvalue weighted by Gasteiger charge is -2.32. The molecule has 1 aliphatic rings. The van der Waals surface area contributed by atoms with Crippen molar-refractivity contribution < 1.29 is 46.1 Å². The Kier molecular flexibility index (Phi) is 11.5. The number of halogens is 6. The second kappa shape index (κ2) is 14.4. The second-order valence-electron chi connectivity index (χ2n) is 8.73. The van der Waals surface area contributed by atoms with E-state index < -0.39 is 24.3 Å². The summed E-state index contributed by atoms with van der Waals surface area (Å²) >= 11 is 0. The number of nitrogens with zero attached hydrogens (tertiary/aromatic N) is 6. The van der Waals surface area contributed by atoms with Gasteiger partial charge in [-0.3, -0.25) is 14.6 Å². The summed E-state index contributed by atoms with van der Waals surface area (Å²) in [6.07, 6.45) is -0.419. The third kappa shape index (κ3) is 11.4. The van der Waals surface area contributed by atoms with E-state index in [0.29, 0.717) is 12.0 Å². The molecule has 1 saturated heterocycles. The normalized spacial score (nSPS) is 14.2. The highest BCUT2D eigenvalue weighted by atomic mass is 19.4. The van der Waals surface area contributed by atoms with Gasteiger partial charge in [0, 0.05) is 63.1 Å². The third-order valence-electron chi connectivity index (χ3n) is 5.48. The Bertz CT molecular complexity index is 1250. The van der Waals surface area contributed by atoms with E-state index in [4.69, 9.17) is 24.8 Å². The highest BCUT2D eigenvalue weighted by molar-refractivity contribution is 5.73. The third-order valence-corrected chi connectivity index (χ3v) is 5.48. The van der Waals surface area contributed by atoms with Gasteiger partial charge >= 0.3 is 24.3 Å². The van der Waals surface area contributed by atoms with E-state index in [2.05, 4.69) is 31.3 Å². The van der Waals surface area contributed by atoms with Gasteiger partial charge in [-0.1, -0.05) is 6.07 Å². The van der Waals surface area contributed by atoms with E-state index in [0.717, 1.165) is 49.4 Å². The molecule has 3 aromatic rings. The number of likely N-dealkylation sites (tertiary alicyclic amines) is 1. The van der Waals surface area contributed by atoms with Gasteiger partial charge in [0.1, 0.15) is 0 Å². The van der Waals surface area contributed by atoms with E-state index in [9.17, 15) is 26.3 Å². The number of aliphatic carboxylic acids is 2. The largest absolute Gasteiger partial charge is 0.490 e. The first-order valence-electron chi connectivity index (χ1n) is 11.9. The SMILES string of the molecule is Cc1nn(C)cc1-c1ccnc(NC2CCN(Cc3cccnc3)CC2)n1.O=C(O)C(F)(F)F.O=C(O)C(F)(F)F. The molecule has 0 radical (unpaired) electrons. The van der Waals surface area contributed by atoms with E-state index in [1.807, 2.05) is 55.6 Å². The standard InChI is InChI=1S/C20H25N7.2C2HF3O2/c1-15-18(14-26(2)25-15)19-5-9-22-20(24-19)23-17-6-10-27(11-7-17)13-16-4-3-8-21-12-16;2*3-2(4,5)1(6)7/h3-5,8-9,12,14,17H,6-7,10-11,13H2,1-2H3,(H,22,23,24);2*(H,6,7). The summed E-state index contributed by atoms with van der Waals surface area (Å²) in [7, 11) is 1.93. The van der Waals surface area contributed by atoms with Gasteiger partial charge in [0.05, 0.1) is 11.4 Å². The number of carbonyl (C=O) groups is 2. The molecule has 0 amide bonds. The molecule has 0 aliphatic carbocycles. The van der Waals surface area contributed by atoms with Gasteiger partial charge in [-0.05, 0) is 37.5 Å². The smallest absolute Gasteiger partial charge is 0.475 e. The minimum atomic E-state index is -5.08. The first-order chi connectivity index (χ1) is 19.1. The zero-order valence-corrected chi connectivity index (χ0v) is 21.8. The van der Waals surface area contributed by atoms with Crippen LogP contribution in [0, 0.1) is 6.92 Å².